The lowest BCUT2D eigenvalue weighted by Crippen LogP contribution is -2.38. The zero-order valence-corrected chi connectivity index (χ0v) is 11.6. The second kappa shape index (κ2) is 8.31. The number of methoxy groups -OCH3 is 1. The van der Waals surface area contributed by atoms with Crippen molar-refractivity contribution in [2.24, 2.45) is 0 Å². The van der Waals surface area contributed by atoms with Gasteiger partial charge in [-0.1, -0.05) is 18.2 Å². The van der Waals surface area contributed by atoms with Crippen LogP contribution in [0, 0.1) is 0 Å². The Kier molecular flexibility index (Phi) is 6.74. The summed E-state index contributed by atoms with van der Waals surface area (Å²) in [5.74, 6) is -1.71. The number of hydrogen-bond donors (Lipinski definition) is 1. The Morgan fingerprint density at radius 1 is 1.33 bits per heavy atom. The molecule has 0 radical (unpaired) electrons. The number of amides is 1. The molecule has 0 saturated heterocycles. The fraction of sp³-hybridized carbons (Fsp3) is 0.429. The van der Waals surface area contributed by atoms with E-state index in [4.69, 9.17) is 9.84 Å². The summed E-state index contributed by atoms with van der Waals surface area (Å²) >= 11 is 0. The smallest absolute Gasteiger partial charge is 0.335 e. The predicted molar refractivity (Wildman–Crippen MR) is 71.6 cm³/mol. The van der Waals surface area contributed by atoms with Crippen LogP contribution in [0.5, 0.6) is 0 Å². The van der Waals surface area contributed by atoms with Gasteiger partial charge in [0.05, 0.1) is 25.1 Å². The summed E-state index contributed by atoms with van der Waals surface area (Å²) in [6, 6.07) is 6.01. The summed E-state index contributed by atoms with van der Waals surface area (Å²) in [6.45, 7) is -0.522. The molecule has 0 spiro atoms. The molecule has 1 N–H and O–H groups in total. The number of rotatable bonds is 8. The molecule has 0 aliphatic rings. The Labute approximate surface area is 121 Å². The number of benzene rings is 1. The van der Waals surface area contributed by atoms with Gasteiger partial charge in [0.2, 0.25) is 5.91 Å². The van der Waals surface area contributed by atoms with Crippen LogP contribution in [0.2, 0.25) is 0 Å². The van der Waals surface area contributed by atoms with Gasteiger partial charge in [-0.2, -0.15) is 0 Å². The molecule has 0 aromatic heterocycles. The summed E-state index contributed by atoms with van der Waals surface area (Å²) in [5, 5.41) is 9.04. The number of nitrogens with zero attached hydrogens (tertiary/aromatic N) is 1. The molecule has 0 aliphatic carbocycles. The van der Waals surface area contributed by atoms with Gasteiger partial charge in [-0.3, -0.25) is 4.79 Å². The first-order chi connectivity index (χ1) is 9.95. The van der Waals surface area contributed by atoms with Gasteiger partial charge in [-0.05, 0) is 11.6 Å². The quantitative estimate of drug-likeness (QED) is 0.793. The monoisotopic (exact) mass is 301 g/mol. The van der Waals surface area contributed by atoms with E-state index in [0.717, 1.165) is 4.90 Å². The van der Waals surface area contributed by atoms with Crippen LogP contribution in [0.1, 0.15) is 15.9 Å². The van der Waals surface area contributed by atoms with E-state index in [1.807, 2.05) is 0 Å². The summed E-state index contributed by atoms with van der Waals surface area (Å²) in [4.78, 5) is 24.1. The van der Waals surface area contributed by atoms with Crippen molar-refractivity contribution in [1.29, 1.82) is 0 Å². The second-order valence-corrected chi connectivity index (χ2v) is 4.36. The normalized spacial score (nSPS) is 10.7. The molecule has 7 heteroatoms. The van der Waals surface area contributed by atoms with Crippen molar-refractivity contribution in [2.75, 3.05) is 26.8 Å². The van der Waals surface area contributed by atoms with Gasteiger partial charge in [0.25, 0.3) is 6.43 Å². The van der Waals surface area contributed by atoms with E-state index in [1.165, 1.54) is 19.2 Å². The number of carbonyl (C=O) groups is 2. The Balaban J connectivity index is 2.83. The highest BCUT2D eigenvalue weighted by Crippen LogP contribution is 2.12. The van der Waals surface area contributed by atoms with Crippen LogP contribution in [-0.4, -0.2) is 55.1 Å². The average Bonchev–Trinajstić information content (AvgIpc) is 2.43. The summed E-state index contributed by atoms with van der Waals surface area (Å²) < 4.78 is 29.8. The van der Waals surface area contributed by atoms with Crippen molar-refractivity contribution in [3.05, 3.63) is 35.4 Å². The van der Waals surface area contributed by atoms with Gasteiger partial charge >= 0.3 is 5.97 Å². The minimum absolute atomic E-state index is 0.00501. The van der Waals surface area contributed by atoms with Crippen LogP contribution in [-0.2, 0) is 16.0 Å². The first kappa shape index (κ1) is 17.0. The topological polar surface area (TPSA) is 66.8 Å². The molecular weight excluding hydrogens is 284 g/mol. The lowest BCUT2D eigenvalue weighted by atomic mass is 10.0. The zero-order chi connectivity index (χ0) is 15.8. The molecule has 1 amide bonds. The number of halogens is 2. The number of carbonyl (C=O) groups excluding carboxylic acids is 1. The van der Waals surface area contributed by atoms with Gasteiger partial charge in [0, 0.05) is 13.7 Å². The van der Waals surface area contributed by atoms with Gasteiger partial charge < -0.3 is 14.7 Å². The van der Waals surface area contributed by atoms with Crippen molar-refractivity contribution in [2.45, 2.75) is 12.8 Å². The van der Waals surface area contributed by atoms with E-state index in [9.17, 15) is 18.4 Å². The SMILES string of the molecule is COCCN(CC(F)F)C(=O)Cc1ccccc1C(=O)O. The van der Waals surface area contributed by atoms with E-state index in [2.05, 4.69) is 0 Å². The van der Waals surface area contributed by atoms with Gasteiger partial charge in [0.1, 0.15) is 0 Å². The molecule has 0 unspecified atom stereocenters. The van der Waals surface area contributed by atoms with Crippen molar-refractivity contribution in [1.82, 2.24) is 4.90 Å². The maximum atomic E-state index is 12.5. The molecule has 21 heavy (non-hydrogen) atoms. The maximum absolute atomic E-state index is 12.5. The Morgan fingerprint density at radius 2 is 2.00 bits per heavy atom. The lowest BCUT2D eigenvalue weighted by Gasteiger charge is -2.22. The standard InChI is InChI=1S/C14H17F2NO4/c1-21-7-6-17(9-12(15)16)13(18)8-10-4-2-3-5-11(10)14(19)20/h2-5,12H,6-9H2,1H3,(H,19,20). The van der Waals surface area contributed by atoms with Crippen LogP contribution in [0.15, 0.2) is 24.3 Å². The summed E-state index contributed by atoms with van der Waals surface area (Å²) in [5.41, 5.74) is 0.293. The molecule has 116 valence electrons. The van der Waals surface area contributed by atoms with Crippen LogP contribution >= 0.6 is 0 Å². The minimum Gasteiger partial charge on any atom is -0.478 e. The van der Waals surface area contributed by atoms with Gasteiger partial charge in [-0.25, -0.2) is 13.6 Å². The Morgan fingerprint density at radius 3 is 2.57 bits per heavy atom. The molecule has 1 aromatic rings. The van der Waals surface area contributed by atoms with Gasteiger partial charge in [0.15, 0.2) is 0 Å². The highest BCUT2D eigenvalue weighted by Gasteiger charge is 2.20. The second-order valence-electron chi connectivity index (χ2n) is 4.36. The van der Waals surface area contributed by atoms with Crippen molar-refractivity contribution < 1.29 is 28.2 Å². The van der Waals surface area contributed by atoms with E-state index in [0.29, 0.717) is 5.56 Å². The largest absolute Gasteiger partial charge is 0.478 e. The molecule has 5 nitrogen and oxygen atoms in total. The molecule has 1 rings (SSSR count). The molecule has 0 atom stereocenters. The first-order valence-electron chi connectivity index (χ1n) is 6.31. The van der Waals surface area contributed by atoms with Crippen molar-refractivity contribution >= 4 is 11.9 Å². The highest BCUT2D eigenvalue weighted by atomic mass is 19.3. The van der Waals surface area contributed by atoms with E-state index < -0.39 is 24.8 Å². The highest BCUT2D eigenvalue weighted by molar-refractivity contribution is 5.91. The molecule has 1 aromatic carbocycles. The molecule has 0 bridgehead atoms. The van der Waals surface area contributed by atoms with Crippen LogP contribution in [0.4, 0.5) is 8.78 Å². The number of aromatic carboxylic acids is 1. The van der Waals surface area contributed by atoms with Crippen LogP contribution in [0.3, 0.4) is 0 Å². The number of carboxylic acids is 1. The maximum Gasteiger partial charge on any atom is 0.335 e. The lowest BCUT2D eigenvalue weighted by molar-refractivity contribution is -0.133. The van der Waals surface area contributed by atoms with Crippen LogP contribution in [0.25, 0.3) is 0 Å². The van der Waals surface area contributed by atoms with Crippen molar-refractivity contribution in [3.8, 4) is 0 Å². The minimum atomic E-state index is -2.65. The molecular formula is C14H17F2NO4. The van der Waals surface area contributed by atoms with Crippen LogP contribution < -0.4 is 0 Å². The number of carboxylic acid groups (broad SMARTS) is 1. The Bertz CT molecular complexity index is 494. The van der Waals surface area contributed by atoms with E-state index in [-0.39, 0.29) is 25.1 Å². The third-order valence-electron chi connectivity index (χ3n) is 2.87. The van der Waals surface area contributed by atoms with Crippen molar-refractivity contribution in [3.63, 3.8) is 0 Å². The molecule has 0 saturated carbocycles. The predicted octanol–water partition coefficient (Wildman–Crippen LogP) is 1.67. The fourth-order valence-corrected chi connectivity index (χ4v) is 1.84. The average molecular weight is 301 g/mol. The molecule has 0 aliphatic heterocycles. The Hall–Kier alpha value is -2.02. The van der Waals surface area contributed by atoms with E-state index in [1.54, 1.807) is 12.1 Å². The number of alkyl halides is 2. The molecule has 0 fully saturated rings. The third kappa shape index (κ3) is 5.47. The summed E-state index contributed by atoms with van der Waals surface area (Å²) in [7, 11) is 1.41. The summed E-state index contributed by atoms with van der Waals surface area (Å²) in [6.07, 6.45) is -2.89. The zero-order valence-electron chi connectivity index (χ0n) is 11.6. The molecule has 0 heterocycles. The third-order valence-corrected chi connectivity index (χ3v) is 2.87. The number of hydrogen-bond acceptors (Lipinski definition) is 3. The fourth-order valence-electron chi connectivity index (χ4n) is 1.84. The van der Waals surface area contributed by atoms with Gasteiger partial charge in [-0.15, -0.1) is 0 Å². The number of ether oxygens (including phenoxy) is 1. The van der Waals surface area contributed by atoms with E-state index >= 15 is 0 Å². The first-order valence-corrected chi connectivity index (χ1v) is 6.31.